The molecule has 0 atom stereocenters. The van der Waals surface area contributed by atoms with Crippen molar-refractivity contribution in [1.29, 1.82) is 0 Å². The number of rotatable bonds is 5. The number of nitrogens with one attached hydrogen (secondary N) is 1. The van der Waals surface area contributed by atoms with Crippen molar-refractivity contribution in [2.24, 2.45) is 0 Å². The van der Waals surface area contributed by atoms with Crippen LogP contribution in [0.1, 0.15) is 43.0 Å². The van der Waals surface area contributed by atoms with Crippen molar-refractivity contribution in [3.8, 4) is 0 Å². The SMILES string of the molecule is CCC(CC)(OC)c1nc(NC)c2c(C)c(C)sc2n1. The molecule has 110 valence electrons. The zero-order valence-electron chi connectivity index (χ0n) is 13.1. The molecule has 0 saturated carbocycles. The fourth-order valence-electron chi connectivity index (χ4n) is 2.58. The first-order valence-corrected chi connectivity index (χ1v) is 7.85. The molecule has 0 bridgehead atoms. The molecule has 2 aromatic heterocycles. The summed E-state index contributed by atoms with van der Waals surface area (Å²) in [7, 11) is 3.65. The number of nitrogens with zero attached hydrogens (tertiary/aromatic N) is 2. The summed E-state index contributed by atoms with van der Waals surface area (Å²) in [4.78, 5) is 11.9. The molecular formula is C15H23N3OS. The number of aromatic nitrogens is 2. The predicted octanol–water partition coefficient (Wildman–Crippen LogP) is 4.01. The van der Waals surface area contributed by atoms with Gasteiger partial charge in [0.2, 0.25) is 0 Å². The lowest BCUT2D eigenvalue weighted by molar-refractivity contribution is -0.0287. The summed E-state index contributed by atoms with van der Waals surface area (Å²) in [6, 6.07) is 0. The van der Waals surface area contributed by atoms with Crippen molar-refractivity contribution in [3.05, 3.63) is 16.3 Å². The van der Waals surface area contributed by atoms with E-state index in [1.165, 1.54) is 10.4 Å². The number of hydrogen-bond donors (Lipinski definition) is 1. The van der Waals surface area contributed by atoms with Gasteiger partial charge in [0.1, 0.15) is 16.2 Å². The molecule has 0 aliphatic rings. The van der Waals surface area contributed by atoms with Gasteiger partial charge >= 0.3 is 0 Å². The van der Waals surface area contributed by atoms with Crippen molar-refractivity contribution >= 4 is 27.4 Å². The Hall–Kier alpha value is -1.20. The molecule has 0 amide bonds. The van der Waals surface area contributed by atoms with Crippen LogP contribution in [-0.4, -0.2) is 24.1 Å². The van der Waals surface area contributed by atoms with Crippen LogP contribution in [0.5, 0.6) is 0 Å². The molecule has 5 heteroatoms. The highest BCUT2D eigenvalue weighted by molar-refractivity contribution is 7.18. The summed E-state index contributed by atoms with van der Waals surface area (Å²) in [6.45, 7) is 8.49. The summed E-state index contributed by atoms with van der Waals surface area (Å²) in [6.07, 6.45) is 1.72. The first-order valence-electron chi connectivity index (χ1n) is 7.04. The van der Waals surface area contributed by atoms with Crippen LogP contribution in [0.4, 0.5) is 5.82 Å². The van der Waals surface area contributed by atoms with Crippen molar-refractivity contribution < 1.29 is 4.74 Å². The summed E-state index contributed by atoms with van der Waals surface area (Å²) >= 11 is 1.72. The van der Waals surface area contributed by atoms with Crippen LogP contribution in [0, 0.1) is 13.8 Å². The Bertz CT molecular complexity index is 609. The minimum atomic E-state index is -0.397. The Morgan fingerprint density at radius 2 is 1.85 bits per heavy atom. The van der Waals surface area contributed by atoms with E-state index in [1.807, 2.05) is 7.05 Å². The molecule has 0 radical (unpaired) electrons. The maximum absolute atomic E-state index is 5.76. The molecule has 0 unspecified atom stereocenters. The van der Waals surface area contributed by atoms with Gasteiger partial charge in [0.05, 0.1) is 5.39 Å². The first-order chi connectivity index (χ1) is 9.52. The van der Waals surface area contributed by atoms with Gasteiger partial charge in [0.25, 0.3) is 0 Å². The lowest BCUT2D eigenvalue weighted by Gasteiger charge is -2.28. The highest BCUT2D eigenvalue weighted by atomic mass is 32.1. The molecule has 1 N–H and O–H groups in total. The number of ether oxygens (including phenoxy) is 1. The van der Waals surface area contributed by atoms with Gasteiger partial charge in [-0.2, -0.15) is 0 Å². The molecule has 2 rings (SSSR count). The monoisotopic (exact) mass is 293 g/mol. The third-order valence-electron chi connectivity index (χ3n) is 4.21. The highest BCUT2D eigenvalue weighted by Gasteiger charge is 2.32. The third kappa shape index (κ3) is 2.19. The maximum atomic E-state index is 5.76. The summed E-state index contributed by atoms with van der Waals surface area (Å²) < 4.78 is 5.76. The van der Waals surface area contributed by atoms with Crippen LogP contribution in [0.25, 0.3) is 10.2 Å². The number of anilines is 1. The van der Waals surface area contributed by atoms with Gasteiger partial charge < -0.3 is 10.1 Å². The fourth-order valence-corrected chi connectivity index (χ4v) is 3.61. The number of hydrogen-bond acceptors (Lipinski definition) is 5. The normalized spacial score (nSPS) is 12.1. The smallest absolute Gasteiger partial charge is 0.164 e. The third-order valence-corrected chi connectivity index (χ3v) is 5.31. The lowest BCUT2D eigenvalue weighted by Crippen LogP contribution is -2.29. The van der Waals surface area contributed by atoms with Crippen LogP contribution in [0.15, 0.2) is 0 Å². The minimum Gasteiger partial charge on any atom is -0.372 e. The number of methoxy groups -OCH3 is 1. The van der Waals surface area contributed by atoms with E-state index in [2.05, 4.69) is 33.0 Å². The van der Waals surface area contributed by atoms with Gasteiger partial charge in [-0.25, -0.2) is 9.97 Å². The Labute approximate surface area is 124 Å². The van der Waals surface area contributed by atoms with E-state index in [4.69, 9.17) is 14.7 Å². The predicted molar refractivity (Wildman–Crippen MR) is 85.7 cm³/mol. The topological polar surface area (TPSA) is 47.0 Å². The molecule has 0 fully saturated rings. The number of thiophene rings is 1. The van der Waals surface area contributed by atoms with Gasteiger partial charge in [0.15, 0.2) is 5.82 Å². The average Bonchev–Trinajstić information content (AvgIpc) is 2.76. The Morgan fingerprint density at radius 3 is 2.35 bits per heavy atom. The number of aryl methyl sites for hydroxylation is 2. The van der Waals surface area contributed by atoms with E-state index in [-0.39, 0.29) is 0 Å². The van der Waals surface area contributed by atoms with Crippen LogP contribution < -0.4 is 5.32 Å². The van der Waals surface area contributed by atoms with Gasteiger partial charge in [-0.05, 0) is 32.3 Å². The maximum Gasteiger partial charge on any atom is 0.164 e. The van der Waals surface area contributed by atoms with Crippen molar-refractivity contribution in [2.75, 3.05) is 19.5 Å². The van der Waals surface area contributed by atoms with E-state index in [9.17, 15) is 0 Å². The molecule has 0 aliphatic carbocycles. The molecule has 4 nitrogen and oxygen atoms in total. The molecule has 0 saturated heterocycles. The Balaban J connectivity index is 2.74. The van der Waals surface area contributed by atoms with Gasteiger partial charge in [0, 0.05) is 19.0 Å². The largest absolute Gasteiger partial charge is 0.372 e. The van der Waals surface area contributed by atoms with Crippen LogP contribution in [-0.2, 0) is 10.3 Å². The van der Waals surface area contributed by atoms with E-state index in [0.29, 0.717) is 0 Å². The molecule has 20 heavy (non-hydrogen) atoms. The van der Waals surface area contributed by atoms with E-state index in [0.717, 1.165) is 34.7 Å². The summed E-state index contributed by atoms with van der Waals surface area (Å²) in [5, 5.41) is 4.34. The van der Waals surface area contributed by atoms with Crippen LogP contribution >= 0.6 is 11.3 Å². The molecule has 2 heterocycles. The van der Waals surface area contributed by atoms with Crippen LogP contribution in [0.3, 0.4) is 0 Å². The summed E-state index contributed by atoms with van der Waals surface area (Å²) in [5.41, 5.74) is 0.864. The Kier molecular flexibility index (Phi) is 4.30. The first kappa shape index (κ1) is 15.2. The molecular weight excluding hydrogens is 270 g/mol. The van der Waals surface area contributed by atoms with Gasteiger partial charge in [-0.1, -0.05) is 13.8 Å². The Morgan fingerprint density at radius 1 is 1.20 bits per heavy atom. The van der Waals surface area contributed by atoms with Crippen molar-refractivity contribution in [2.45, 2.75) is 46.1 Å². The minimum absolute atomic E-state index is 0.397. The van der Waals surface area contributed by atoms with Crippen molar-refractivity contribution in [3.63, 3.8) is 0 Å². The molecule has 0 aromatic carbocycles. The lowest BCUT2D eigenvalue weighted by atomic mass is 9.96. The van der Waals surface area contributed by atoms with Crippen molar-refractivity contribution in [1.82, 2.24) is 9.97 Å². The summed E-state index contributed by atoms with van der Waals surface area (Å²) in [5.74, 6) is 1.68. The molecule has 0 spiro atoms. The highest BCUT2D eigenvalue weighted by Crippen LogP contribution is 2.37. The standard InChI is InChI=1S/C15H23N3OS/c1-7-15(8-2,19-6)14-17-12(16-5)11-9(3)10(4)20-13(11)18-14/h7-8H2,1-6H3,(H,16,17,18). The van der Waals surface area contributed by atoms with E-state index in [1.54, 1.807) is 18.4 Å². The zero-order chi connectivity index (χ0) is 14.9. The van der Waals surface area contributed by atoms with E-state index < -0.39 is 5.60 Å². The second-order valence-corrected chi connectivity index (χ2v) is 6.22. The average molecular weight is 293 g/mol. The second kappa shape index (κ2) is 5.66. The van der Waals surface area contributed by atoms with E-state index >= 15 is 0 Å². The molecule has 0 aliphatic heterocycles. The van der Waals surface area contributed by atoms with Gasteiger partial charge in [-0.15, -0.1) is 11.3 Å². The number of fused-ring (bicyclic) bond motifs is 1. The zero-order valence-corrected chi connectivity index (χ0v) is 13.9. The fraction of sp³-hybridized carbons (Fsp3) is 0.600. The van der Waals surface area contributed by atoms with Gasteiger partial charge in [-0.3, -0.25) is 0 Å². The molecule has 2 aromatic rings. The van der Waals surface area contributed by atoms with Crippen LogP contribution in [0.2, 0.25) is 0 Å². The second-order valence-electron chi connectivity index (χ2n) is 5.01. The quantitative estimate of drug-likeness (QED) is 0.904.